The van der Waals surface area contributed by atoms with Gasteiger partial charge >= 0.3 is 5.97 Å². The van der Waals surface area contributed by atoms with Crippen LogP contribution in [0.1, 0.15) is 38.7 Å². The Hall–Kier alpha value is -2.11. The summed E-state index contributed by atoms with van der Waals surface area (Å²) >= 11 is 0. The first kappa shape index (κ1) is 16.9. The van der Waals surface area contributed by atoms with Crippen molar-refractivity contribution in [2.45, 2.75) is 33.1 Å². The minimum absolute atomic E-state index is 0.0985. The van der Waals surface area contributed by atoms with Crippen molar-refractivity contribution in [2.75, 3.05) is 6.54 Å². The molecule has 1 aromatic rings. The van der Waals surface area contributed by atoms with Crippen LogP contribution in [0.25, 0.3) is 6.08 Å². The molecule has 0 aliphatic heterocycles. The fourth-order valence-electron chi connectivity index (χ4n) is 1.85. The van der Waals surface area contributed by atoms with Crippen LogP contribution in [0.2, 0.25) is 0 Å². The molecule has 0 aliphatic rings. The smallest absolute Gasteiger partial charge is 0.303 e. The van der Waals surface area contributed by atoms with Gasteiger partial charge in [0.25, 0.3) is 0 Å². The van der Waals surface area contributed by atoms with Gasteiger partial charge in [0.15, 0.2) is 0 Å². The summed E-state index contributed by atoms with van der Waals surface area (Å²) in [6.07, 6.45) is 8.18. The zero-order valence-corrected chi connectivity index (χ0v) is 12.8. The number of aliphatic carboxylic acids is 1. The normalized spacial score (nSPS) is 11.8. The number of amides is 1. The molecule has 21 heavy (non-hydrogen) atoms. The van der Waals surface area contributed by atoms with Gasteiger partial charge in [-0.05, 0) is 24.3 Å². The zero-order valence-electron chi connectivity index (χ0n) is 12.8. The Bertz CT molecular complexity index is 518. The van der Waals surface area contributed by atoms with Gasteiger partial charge in [0.2, 0.25) is 5.91 Å². The van der Waals surface area contributed by atoms with Crippen molar-refractivity contribution in [1.29, 1.82) is 0 Å². The molecule has 6 nitrogen and oxygen atoms in total. The van der Waals surface area contributed by atoms with Crippen molar-refractivity contribution >= 4 is 18.0 Å². The van der Waals surface area contributed by atoms with Crippen molar-refractivity contribution in [3.63, 3.8) is 0 Å². The van der Waals surface area contributed by atoms with E-state index >= 15 is 0 Å². The Labute approximate surface area is 124 Å². The summed E-state index contributed by atoms with van der Waals surface area (Å²) in [5, 5.41) is 15.5. The summed E-state index contributed by atoms with van der Waals surface area (Å²) in [4.78, 5) is 22.2. The van der Waals surface area contributed by atoms with Crippen LogP contribution in [0.4, 0.5) is 0 Å². The molecule has 0 aliphatic carbocycles. The monoisotopic (exact) mass is 293 g/mol. The number of nitrogens with zero attached hydrogens (tertiary/aromatic N) is 2. The Morgan fingerprint density at radius 2 is 2.14 bits per heavy atom. The second-order valence-electron chi connectivity index (χ2n) is 5.88. The number of carbonyl (C=O) groups excluding carboxylic acids is 1. The maximum atomic E-state index is 11.7. The van der Waals surface area contributed by atoms with E-state index in [-0.39, 0.29) is 17.7 Å². The highest BCUT2D eigenvalue weighted by molar-refractivity contribution is 5.91. The van der Waals surface area contributed by atoms with E-state index in [1.807, 2.05) is 27.1 Å². The van der Waals surface area contributed by atoms with Crippen LogP contribution in [0, 0.1) is 5.41 Å². The van der Waals surface area contributed by atoms with Crippen LogP contribution in [-0.4, -0.2) is 33.3 Å². The van der Waals surface area contributed by atoms with Gasteiger partial charge in [0.1, 0.15) is 0 Å². The third-order valence-corrected chi connectivity index (χ3v) is 3.27. The Balaban J connectivity index is 2.29. The van der Waals surface area contributed by atoms with Crippen molar-refractivity contribution in [1.82, 2.24) is 15.1 Å². The lowest BCUT2D eigenvalue weighted by molar-refractivity contribution is -0.137. The molecular weight excluding hydrogens is 270 g/mol. The second-order valence-corrected chi connectivity index (χ2v) is 5.88. The summed E-state index contributed by atoms with van der Waals surface area (Å²) in [5.41, 5.74) is 0.771. The van der Waals surface area contributed by atoms with E-state index in [1.54, 1.807) is 17.0 Å². The van der Waals surface area contributed by atoms with Crippen molar-refractivity contribution < 1.29 is 14.7 Å². The lowest BCUT2D eigenvalue weighted by Gasteiger charge is -2.23. The third kappa shape index (κ3) is 7.29. The molecule has 0 spiro atoms. The number of carbonyl (C=O) groups is 2. The van der Waals surface area contributed by atoms with Gasteiger partial charge in [-0.25, -0.2) is 0 Å². The zero-order chi connectivity index (χ0) is 15.9. The van der Waals surface area contributed by atoms with Gasteiger partial charge in [-0.2, -0.15) is 5.10 Å². The second kappa shape index (κ2) is 7.61. The molecule has 0 fully saturated rings. The average Bonchev–Trinajstić information content (AvgIpc) is 2.80. The van der Waals surface area contributed by atoms with Crippen LogP contribution in [-0.2, 0) is 16.6 Å². The summed E-state index contributed by atoms with van der Waals surface area (Å²) < 4.78 is 1.67. The minimum Gasteiger partial charge on any atom is -0.481 e. The Kier molecular flexibility index (Phi) is 6.14. The number of hydrogen-bond donors (Lipinski definition) is 2. The minimum atomic E-state index is -0.786. The van der Waals surface area contributed by atoms with Gasteiger partial charge in [0, 0.05) is 37.8 Å². The highest BCUT2D eigenvalue weighted by atomic mass is 16.4. The van der Waals surface area contributed by atoms with Crippen LogP contribution in [0.5, 0.6) is 0 Å². The number of carboxylic acids is 1. The molecule has 0 unspecified atom stereocenters. The molecule has 1 amide bonds. The predicted octanol–water partition coefficient (Wildman–Crippen LogP) is 1.83. The first-order chi connectivity index (χ1) is 9.78. The van der Waals surface area contributed by atoms with Crippen LogP contribution in [0.3, 0.4) is 0 Å². The van der Waals surface area contributed by atoms with E-state index in [2.05, 4.69) is 10.4 Å². The van der Waals surface area contributed by atoms with Gasteiger partial charge in [-0.1, -0.05) is 13.8 Å². The molecule has 0 aromatic carbocycles. The molecule has 1 heterocycles. The summed E-state index contributed by atoms with van der Waals surface area (Å²) in [7, 11) is 1.82. The average molecular weight is 293 g/mol. The molecular formula is C15H23N3O3. The van der Waals surface area contributed by atoms with Crippen molar-refractivity contribution in [2.24, 2.45) is 12.5 Å². The molecule has 1 rings (SSSR count). The Morgan fingerprint density at radius 3 is 2.71 bits per heavy atom. The SMILES string of the molecule is Cn1cc(C=CC(=O)NCCC(C)(C)CCC(=O)O)cn1. The number of aryl methyl sites for hydroxylation is 1. The number of nitrogens with one attached hydrogen (secondary N) is 1. The van der Waals surface area contributed by atoms with E-state index in [0.29, 0.717) is 13.0 Å². The van der Waals surface area contributed by atoms with E-state index < -0.39 is 5.97 Å². The van der Waals surface area contributed by atoms with Gasteiger partial charge in [0.05, 0.1) is 6.20 Å². The standard InChI is InChI=1S/C15H23N3O3/c1-15(2,7-6-14(20)21)8-9-16-13(19)5-4-12-10-17-18(3)11-12/h4-5,10-11H,6-9H2,1-3H3,(H,16,19)(H,20,21). The molecule has 6 heteroatoms. The van der Waals surface area contributed by atoms with Crippen LogP contribution >= 0.6 is 0 Å². The van der Waals surface area contributed by atoms with E-state index in [9.17, 15) is 9.59 Å². The maximum Gasteiger partial charge on any atom is 0.303 e. The summed E-state index contributed by atoms with van der Waals surface area (Å²) in [6, 6.07) is 0. The quantitative estimate of drug-likeness (QED) is 0.716. The van der Waals surface area contributed by atoms with Crippen molar-refractivity contribution in [3.05, 3.63) is 24.0 Å². The topological polar surface area (TPSA) is 84.2 Å². The Morgan fingerprint density at radius 1 is 1.43 bits per heavy atom. The maximum absolute atomic E-state index is 11.7. The molecule has 0 saturated carbocycles. The number of hydrogen-bond acceptors (Lipinski definition) is 3. The van der Waals surface area contributed by atoms with Crippen LogP contribution < -0.4 is 5.32 Å². The summed E-state index contributed by atoms with van der Waals surface area (Å²) in [5.74, 6) is -0.945. The molecule has 116 valence electrons. The predicted molar refractivity (Wildman–Crippen MR) is 80.5 cm³/mol. The molecule has 0 radical (unpaired) electrons. The third-order valence-electron chi connectivity index (χ3n) is 3.27. The number of rotatable bonds is 8. The summed E-state index contributed by atoms with van der Waals surface area (Å²) in [6.45, 7) is 4.55. The first-order valence-electron chi connectivity index (χ1n) is 6.95. The van der Waals surface area contributed by atoms with E-state index in [4.69, 9.17) is 5.11 Å². The van der Waals surface area contributed by atoms with E-state index in [0.717, 1.165) is 12.0 Å². The van der Waals surface area contributed by atoms with Gasteiger partial charge < -0.3 is 10.4 Å². The fraction of sp³-hybridized carbons (Fsp3) is 0.533. The molecule has 2 N–H and O–H groups in total. The highest BCUT2D eigenvalue weighted by Gasteiger charge is 2.18. The largest absolute Gasteiger partial charge is 0.481 e. The van der Waals surface area contributed by atoms with Gasteiger partial charge in [-0.15, -0.1) is 0 Å². The fourth-order valence-corrected chi connectivity index (χ4v) is 1.85. The van der Waals surface area contributed by atoms with Crippen LogP contribution in [0.15, 0.2) is 18.5 Å². The van der Waals surface area contributed by atoms with Crippen molar-refractivity contribution in [3.8, 4) is 0 Å². The number of aromatic nitrogens is 2. The van der Waals surface area contributed by atoms with E-state index in [1.165, 1.54) is 6.08 Å². The first-order valence-corrected chi connectivity index (χ1v) is 6.95. The lowest BCUT2D eigenvalue weighted by Crippen LogP contribution is -2.27. The molecule has 0 saturated heterocycles. The van der Waals surface area contributed by atoms with Gasteiger partial charge in [-0.3, -0.25) is 14.3 Å². The molecule has 1 aromatic heterocycles. The molecule has 0 atom stereocenters. The molecule has 0 bridgehead atoms. The lowest BCUT2D eigenvalue weighted by atomic mass is 9.84. The highest BCUT2D eigenvalue weighted by Crippen LogP contribution is 2.25. The number of carboxylic acid groups (broad SMARTS) is 1.